The number of aliphatic hydroxyl groups is 1. The number of piperidine rings is 1. The molecule has 2 aliphatic heterocycles. The second-order valence-electron chi connectivity index (χ2n) is 8.48. The first-order valence-electron chi connectivity index (χ1n) is 10.1. The molecular formula is C22H31N3O2. The molecule has 2 aliphatic rings. The van der Waals surface area contributed by atoms with Crippen molar-refractivity contribution < 1.29 is 9.63 Å². The van der Waals surface area contributed by atoms with Crippen LogP contribution in [0, 0.1) is 25.2 Å². The van der Waals surface area contributed by atoms with E-state index in [1.807, 2.05) is 13.8 Å². The van der Waals surface area contributed by atoms with Gasteiger partial charge < -0.3 is 9.63 Å². The average molecular weight is 370 g/mol. The summed E-state index contributed by atoms with van der Waals surface area (Å²) in [5.74, 6) is 1.33. The van der Waals surface area contributed by atoms with Gasteiger partial charge in [0.05, 0.1) is 5.69 Å². The summed E-state index contributed by atoms with van der Waals surface area (Å²) in [6, 6.07) is 10.7. The predicted octanol–water partition coefficient (Wildman–Crippen LogP) is 3.00. The van der Waals surface area contributed by atoms with E-state index in [9.17, 15) is 5.11 Å². The Labute approximate surface area is 162 Å². The zero-order chi connectivity index (χ0) is 18.9. The fraction of sp³-hybridized carbons (Fsp3) is 0.591. The van der Waals surface area contributed by atoms with Gasteiger partial charge in [0.25, 0.3) is 0 Å². The minimum Gasteiger partial charge on any atom is -0.396 e. The summed E-state index contributed by atoms with van der Waals surface area (Å²) in [4.78, 5) is 5.06. The van der Waals surface area contributed by atoms with Crippen LogP contribution in [-0.4, -0.2) is 52.8 Å². The standard InChI is InChI=1S/C22H31N3O2/c1-17-21(18(2)27-23-17)14-24-10-8-22(9-11-24)16-25(13-20(22)15-26)12-19-6-4-3-5-7-19/h3-7,20,26H,8-16H2,1-2H3. The van der Waals surface area contributed by atoms with Gasteiger partial charge in [0, 0.05) is 44.3 Å². The molecule has 2 fully saturated rings. The van der Waals surface area contributed by atoms with E-state index in [0.29, 0.717) is 12.5 Å². The molecule has 1 spiro atoms. The molecule has 1 atom stereocenters. The van der Waals surface area contributed by atoms with Crippen molar-refractivity contribution in [2.24, 2.45) is 11.3 Å². The van der Waals surface area contributed by atoms with Crippen LogP contribution in [0.5, 0.6) is 0 Å². The number of aryl methyl sites for hydroxylation is 2. The summed E-state index contributed by atoms with van der Waals surface area (Å²) in [6.45, 7) is 10.5. The molecule has 2 saturated heterocycles. The zero-order valence-electron chi connectivity index (χ0n) is 16.5. The Morgan fingerprint density at radius 2 is 1.85 bits per heavy atom. The van der Waals surface area contributed by atoms with Crippen molar-refractivity contribution in [3.05, 3.63) is 52.9 Å². The Morgan fingerprint density at radius 1 is 1.11 bits per heavy atom. The van der Waals surface area contributed by atoms with Gasteiger partial charge in [0.2, 0.25) is 0 Å². The van der Waals surface area contributed by atoms with E-state index in [1.54, 1.807) is 0 Å². The van der Waals surface area contributed by atoms with Crippen molar-refractivity contribution in [1.82, 2.24) is 15.0 Å². The lowest BCUT2D eigenvalue weighted by Crippen LogP contribution is -2.44. The highest BCUT2D eigenvalue weighted by molar-refractivity contribution is 5.21. The van der Waals surface area contributed by atoms with E-state index in [-0.39, 0.29) is 5.41 Å². The normalized spacial score (nSPS) is 23.3. The van der Waals surface area contributed by atoms with Gasteiger partial charge >= 0.3 is 0 Å². The SMILES string of the molecule is Cc1noc(C)c1CN1CCC2(CC1)CN(Cc1ccccc1)CC2CO. The monoisotopic (exact) mass is 369 g/mol. The van der Waals surface area contributed by atoms with Gasteiger partial charge in [0.15, 0.2) is 0 Å². The topological polar surface area (TPSA) is 52.7 Å². The molecule has 0 bridgehead atoms. The van der Waals surface area contributed by atoms with E-state index in [4.69, 9.17) is 4.52 Å². The van der Waals surface area contributed by atoms with Crippen LogP contribution in [0.1, 0.15) is 35.4 Å². The first-order chi connectivity index (χ1) is 13.1. The van der Waals surface area contributed by atoms with Crippen LogP contribution in [0.25, 0.3) is 0 Å². The highest BCUT2D eigenvalue weighted by atomic mass is 16.5. The lowest BCUT2D eigenvalue weighted by molar-refractivity contribution is 0.0480. The summed E-state index contributed by atoms with van der Waals surface area (Å²) in [5, 5.41) is 14.1. The maximum Gasteiger partial charge on any atom is 0.138 e. The molecule has 27 heavy (non-hydrogen) atoms. The average Bonchev–Trinajstić information content (AvgIpc) is 3.18. The Morgan fingerprint density at radius 3 is 2.48 bits per heavy atom. The molecule has 1 aromatic heterocycles. The fourth-order valence-corrected chi connectivity index (χ4v) is 5.03. The molecule has 0 amide bonds. The summed E-state index contributed by atoms with van der Waals surface area (Å²) in [7, 11) is 0. The lowest BCUT2D eigenvalue weighted by atomic mass is 9.71. The quantitative estimate of drug-likeness (QED) is 0.878. The van der Waals surface area contributed by atoms with E-state index in [2.05, 4.69) is 45.3 Å². The molecule has 1 unspecified atom stereocenters. The molecule has 0 aliphatic carbocycles. The van der Waals surface area contributed by atoms with Crippen LogP contribution < -0.4 is 0 Å². The Balaban J connectivity index is 1.38. The number of rotatable bonds is 5. The fourth-order valence-electron chi connectivity index (χ4n) is 5.03. The maximum absolute atomic E-state index is 10.1. The predicted molar refractivity (Wildman–Crippen MR) is 105 cm³/mol. The Bertz CT molecular complexity index is 731. The largest absolute Gasteiger partial charge is 0.396 e. The second-order valence-corrected chi connectivity index (χ2v) is 8.48. The summed E-state index contributed by atoms with van der Waals surface area (Å²) in [5.41, 5.74) is 3.87. The molecule has 146 valence electrons. The number of aromatic nitrogens is 1. The molecule has 0 saturated carbocycles. The minimum atomic E-state index is 0.263. The van der Waals surface area contributed by atoms with Crippen molar-refractivity contribution in [1.29, 1.82) is 0 Å². The number of nitrogens with zero attached hydrogens (tertiary/aromatic N) is 3. The van der Waals surface area contributed by atoms with Gasteiger partial charge in [-0.3, -0.25) is 9.80 Å². The van der Waals surface area contributed by atoms with Crippen LogP contribution in [0.4, 0.5) is 0 Å². The zero-order valence-corrected chi connectivity index (χ0v) is 16.5. The molecule has 1 N–H and O–H groups in total. The van der Waals surface area contributed by atoms with Crippen molar-refractivity contribution in [3.8, 4) is 0 Å². The summed E-state index contributed by atoms with van der Waals surface area (Å²) < 4.78 is 5.32. The number of benzene rings is 1. The number of likely N-dealkylation sites (tertiary alicyclic amines) is 2. The highest BCUT2D eigenvalue weighted by Gasteiger charge is 2.47. The number of hydrogen-bond donors (Lipinski definition) is 1. The Kier molecular flexibility index (Phi) is 5.35. The third kappa shape index (κ3) is 3.82. The van der Waals surface area contributed by atoms with Gasteiger partial charge in [-0.2, -0.15) is 0 Å². The molecular weight excluding hydrogens is 338 g/mol. The van der Waals surface area contributed by atoms with E-state index in [0.717, 1.165) is 63.6 Å². The van der Waals surface area contributed by atoms with Gasteiger partial charge in [0.1, 0.15) is 5.76 Å². The lowest BCUT2D eigenvalue weighted by Gasteiger charge is -2.42. The van der Waals surface area contributed by atoms with E-state index in [1.165, 1.54) is 11.1 Å². The van der Waals surface area contributed by atoms with E-state index >= 15 is 0 Å². The summed E-state index contributed by atoms with van der Waals surface area (Å²) in [6.07, 6.45) is 2.32. The third-order valence-electron chi connectivity index (χ3n) is 6.77. The van der Waals surface area contributed by atoms with Gasteiger partial charge in [-0.1, -0.05) is 35.5 Å². The van der Waals surface area contributed by atoms with Crippen LogP contribution in [0.3, 0.4) is 0 Å². The number of hydrogen-bond acceptors (Lipinski definition) is 5. The first kappa shape index (κ1) is 18.7. The molecule has 4 rings (SSSR count). The number of aliphatic hydroxyl groups excluding tert-OH is 1. The first-order valence-corrected chi connectivity index (χ1v) is 10.1. The smallest absolute Gasteiger partial charge is 0.138 e. The summed E-state index contributed by atoms with van der Waals surface area (Å²) >= 11 is 0. The van der Waals surface area contributed by atoms with Crippen LogP contribution in [0.2, 0.25) is 0 Å². The van der Waals surface area contributed by atoms with Crippen molar-refractivity contribution in [2.75, 3.05) is 32.8 Å². The van der Waals surface area contributed by atoms with Crippen molar-refractivity contribution in [2.45, 2.75) is 39.8 Å². The van der Waals surface area contributed by atoms with Crippen molar-refractivity contribution >= 4 is 0 Å². The third-order valence-corrected chi connectivity index (χ3v) is 6.77. The second kappa shape index (κ2) is 7.74. The van der Waals surface area contributed by atoms with E-state index < -0.39 is 0 Å². The van der Waals surface area contributed by atoms with Crippen LogP contribution in [0.15, 0.2) is 34.9 Å². The van der Waals surface area contributed by atoms with Crippen molar-refractivity contribution in [3.63, 3.8) is 0 Å². The molecule has 3 heterocycles. The van der Waals surface area contributed by atoms with Crippen LogP contribution >= 0.6 is 0 Å². The van der Waals surface area contributed by atoms with Gasteiger partial charge in [-0.25, -0.2) is 0 Å². The molecule has 5 nitrogen and oxygen atoms in total. The Hall–Kier alpha value is -1.69. The highest BCUT2D eigenvalue weighted by Crippen LogP contribution is 2.45. The maximum atomic E-state index is 10.1. The molecule has 2 aromatic rings. The molecule has 5 heteroatoms. The molecule has 0 radical (unpaired) electrons. The minimum absolute atomic E-state index is 0.263. The van der Waals surface area contributed by atoms with Gasteiger partial charge in [-0.15, -0.1) is 0 Å². The van der Waals surface area contributed by atoms with Gasteiger partial charge in [-0.05, 0) is 50.8 Å². The molecule has 1 aromatic carbocycles. The van der Waals surface area contributed by atoms with Crippen LogP contribution in [-0.2, 0) is 13.1 Å².